The lowest BCUT2D eigenvalue weighted by atomic mass is 9.83. The predicted molar refractivity (Wildman–Crippen MR) is 61.2 cm³/mol. The van der Waals surface area contributed by atoms with Crippen molar-refractivity contribution in [2.75, 3.05) is 7.11 Å². The van der Waals surface area contributed by atoms with Crippen molar-refractivity contribution in [1.82, 2.24) is 0 Å². The largest absolute Gasteiger partial charge is 0.381 e. The molecule has 14 heavy (non-hydrogen) atoms. The van der Waals surface area contributed by atoms with Crippen molar-refractivity contribution in [1.29, 1.82) is 0 Å². The van der Waals surface area contributed by atoms with Crippen LogP contribution in [0.3, 0.4) is 0 Å². The van der Waals surface area contributed by atoms with Crippen LogP contribution in [-0.2, 0) is 4.74 Å². The highest BCUT2D eigenvalue weighted by Crippen LogP contribution is 2.30. The summed E-state index contributed by atoms with van der Waals surface area (Å²) in [6.07, 6.45) is 11.1. The third kappa shape index (κ3) is 3.15. The van der Waals surface area contributed by atoms with E-state index in [1.807, 2.05) is 6.08 Å². The van der Waals surface area contributed by atoms with Crippen LogP contribution in [0.25, 0.3) is 0 Å². The van der Waals surface area contributed by atoms with E-state index in [4.69, 9.17) is 4.74 Å². The lowest BCUT2D eigenvalue weighted by molar-refractivity contribution is 0.0618. The van der Waals surface area contributed by atoms with Gasteiger partial charge in [0.15, 0.2) is 0 Å². The van der Waals surface area contributed by atoms with Crippen LogP contribution in [0.1, 0.15) is 25.7 Å². The van der Waals surface area contributed by atoms with Gasteiger partial charge in [0.05, 0.1) is 6.10 Å². The topological polar surface area (TPSA) is 9.23 Å². The van der Waals surface area contributed by atoms with Gasteiger partial charge in [0, 0.05) is 7.11 Å². The molecule has 1 rings (SSSR count). The highest BCUT2D eigenvalue weighted by Gasteiger charge is 2.21. The van der Waals surface area contributed by atoms with Crippen LogP contribution in [0.15, 0.2) is 37.0 Å². The second-order valence-electron chi connectivity index (χ2n) is 3.88. The number of rotatable bonds is 4. The molecule has 0 aromatic rings. The molecule has 0 amide bonds. The lowest BCUT2D eigenvalue weighted by Gasteiger charge is -2.27. The Bertz CT molecular complexity index is 219. The molecule has 78 valence electrons. The molecule has 0 radical (unpaired) electrons. The molecule has 0 N–H and O–H groups in total. The van der Waals surface area contributed by atoms with Gasteiger partial charge in [-0.2, -0.15) is 0 Å². The maximum absolute atomic E-state index is 5.34. The molecule has 0 aromatic heterocycles. The van der Waals surface area contributed by atoms with Crippen molar-refractivity contribution in [3.63, 3.8) is 0 Å². The molecule has 0 atom stereocenters. The number of allylic oxidation sites excluding steroid dienone is 4. The molecule has 1 aliphatic rings. The van der Waals surface area contributed by atoms with Gasteiger partial charge in [-0.05, 0) is 31.6 Å². The van der Waals surface area contributed by atoms with E-state index in [2.05, 4.69) is 19.2 Å². The molecule has 0 spiro atoms. The van der Waals surface area contributed by atoms with E-state index >= 15 is 0 Å². The van der Waals surface area contributed by atoms with Crippen LogP contribution >= 0.6 is 0 Å². The van der Waals surface area contributed by atoms with Crippen LogP contribution < -0.4 is 0 Å². The van der Waals surface area contributed by atoms with Crippen molar-refractivity contribution < 1.29 is 4.74 Å². The van der Waals surface area contributed by atoms with Gasteiger partial charge >= 0.3 is 0 Å². The normalized spacial score (nSPS) is 27.8. The maximum atomic E-state index is 5.34. The Morgan fingerprint density at radius 3 is 2.43 bits per heavy atom. The van der Waals surface area contributed by atoms with Gasteiger partial charge in [0.1, 0.15) is 0 Å². The average Bonchev–Trinajstić information content (AvgIpc) is 2.26. The fourth-order valence-electron chi connectivity index (χ4n) is 2.00. The van der Waals surface area contributed by atoms with E-state index in [9.17, 15) is 0 Å². The Hall–Kier alpha value is -0.820. The first-order chi connectivity index (χ1) is 6.77. The standard InChI is InChI=1S/C13H20O/c1-4-5-6-11(2)12-7-9-13(14-3)10-8-12/h4-6,12-13H,1-2,7-10H2,3H3/b6-5-. The van der Waals surface area contributed by atoms with Gasteiger partial charge in [0.2, 0.25) is 0 Å². The van der Waals surface area contributed by atoms with E-state index in [0.717, 1.165) is 0 Å². The molecule has 0 saturated heterocycles. The summed E-state index contributed by atoms with van der Waals surface area (Å²) in [5, 5.41) is 0. The highest BCUT2D eigenvalue weighted by atomic mass is 16.5. The first-order valence-electron chi connectivity index (χ1n) is 5.28. The minimum atomic E-state index is 0.474. The summed E-state index contributed by atoms with van der Waals surface area (Å²) in [5.74, 6) is 0.651. The lowest BCUT2D eigenvalue weighted by Crippen LogP contribution is -2.20. The molecule has 0 aromatic carbocycles. The van der Waals surface area contributed by atoms with Crippen LogP contribution in [0.4, 0.5) is 0 Å². The molecular weight excluding hydrogens is 172 g/mol. The zero-order valence-corrected chi connectivity index (χ0v) is 9.04. The Morgan fingerprint density at radius 1 is 1.29 bits per heavy atom. The number of hydrogen-bond acceptors (Lipinski definition) is 1. The van der Waals surface area contributed by atoms with Crippen molar-refractivity contribution in [3.05, 3.63) is 37.0 Å². The molecule has 0 unspecified atom stereocenters. The van der Waals surface area contributed by atoms with Gasteiger partial charge in [-0.15, -0.1) is 0 Å². The van der Waals surface area contributed by atoms with Crippen LogP contribution in [0.5, 0.6) is 0 Å². The average molecular weight is 192 g/mol. The van der Waals surface area contributed by atoms with Gasteiger partial charge in [0.25, 0.3) is 0 Å². The summed E-state index contributed by atoms with van der Waals surface area (Å²) in [7, 11) is 1.80. The highest BCUT2D eigenvalue weighted by molar-refractivity contribution is 5.21. The zero-order chi connectivity index (χ0) is 10.4. The first-order valence-corrected chi connectivity index (χ1v) is 5.28. The van der Waals surface area contributed by atoms with E-state index in [0.29, 0.717) is 12.0 Å². The van der Waals surface area contributed by atoms with Crippen molar-refractivity contribution in [3.8, 4) is 0 Å². The minimum Gasteiger partial charge on any atom is -0.381 e. The minimum absolute atomic E-state index is 0.474. The van der Waals surface area contributed by atoms with Crippen LogP contribution in [0, 0.1) is 5.92 Å². The molecule has 0 heterocycles. The number of ether oxygens (including phenoxy) is 1. The summed E-state index contributed by atoms with van der Waals surface area (Å²) in [6, 6.07) is 0. The van der Waals surface area contributed by atoms with E-state index in [1.165, 1.54) is 31.3 Å². The molecule has 1 aliphatic carbocycles. The second kappa shape index (κ2) is 5.82. The molecule has 0 bridgehead atoms. The fourth-order valence-corrected chi connectivity index (χ4v) is 2.00. The van der Waals surface area contributed by atoms with Gasteiger partial charge < -0.3 is 4.74 Å². The Morgan fingerprint density at radius 2 is 1.93 bits per heavy atom. The van der Waals surface area contributed by atoms with Gasteiger partial charge in [-0.1, -0.05) is 37.0 Å². The predicted octanol–water partition coefficient (Wildman–Crippen LogP) is 3.49. The van der Waals surface area contributed by atoms with E-state index in [-0.39, 0.29) is 0 Å². The SMILES string of the molecule is C=C/C=C\C(=C)C1CCC(OC)CC1. The Kier molecular flexibility index (Phi) is 4.68. The molecule has 1 saturated carbocycles. The number of hydrogen-bond donors (Lipinski definition) is 0. The van der Waals surface area contributed by atoms with Crippen molar-refractivity contribution in [2.24, 2.45) is 5.92 Å². The van der Waals surface area contributed by atoms with Crippen LogP contribution in [0.2, 0.25) is 0 Å². The molecule has 1 fully saturated rings. The Labute approximate surface area is 87.2 Å². The number of methoxy groups -OCH3 is 1. The maximum Gasteiger partial charge on any atom is 0.0571 e. The molecule has 0 aliphatic heterocycles. The smallest absolute Gasteiger partial charge is 0.0571 e. The third-order valence-electron chi connectivity index (χ3n) is 2.98. The van der Waals surface area contributed by atoms with Gasteiger partial charge in [-0.25, -0.2) is 0 Å². The van der Waals surface area contributed by atoms with Crippen molar-refractivity contribution in [2.45, 2.75) is 31.8 Å². The Balaban J connectivity index is 2.37. The monoisotopic (exact) mass is 192 g/mol. The molecular formula is C13H20O. The fraction of sp³-hybridized carbons (Fsp3) is 0.538. The van der Waals surface area contributed by atoms with E-state index in [1.54, 1.807) is 13.2 Å². The quantitative estimate of drug-likeness (QED) is 0.619. The summed E-state index contributed by atoms with van der Waals surface area (Å²) in [4.78, 5) is 0. The first kappa shape index (κ1) is 11.3. The summed E-state index contributed by atoms with van der Waals surface area (Å²) in [6.45, 7) is 7.75. The van der Waals surface area contributed by atoms with E-state index < -0.39 is 0 Å². The second-order valence-corrected chi connectivity index (χ2v) is 3.88. The third-order valence-corrected chi connectivity index (χ3v) is 2.98. The summed E-state index contributed by atoms with van der Waals surface area (Å²) in [5.41, 5.74) is 1.24. The summed E-state index contributed by atoms with van der Waals surface area (Å²) < 4.78 is 5.34. The zero-order valence-electron chi connectivity index (χ0n) is 9.04. The van der Waals surface area contributed by atoms with Gasteiger partial charge in [-0.3, -0.25) is 0 Å². The molecule has 1 nitrogen and oxygen atoms in total. The molecule has 1 heteroatoms. The summed E-state index contributed by atoms with van der Waals surface area (Å²) >= 11 is 0. The van der Waals surface area contributed by atoms with Crippen molar-refractivity contribution >= 4 is 0 Å². The van der Waals surface area contributed by atoms with Crippen LogP contribution in [-0.4, -0.2) is 13.2 Å².